The van der Waals surface area contributed by atoms with Gasteiger partial charge in [-0.1, -0.05) is 12.1 Å². The summed E-state index contributed by atoms with van der Waals surface area (Å²) < 4.78 is 11.9. The number of methoxy groups -OCH3 is 1. The zero-order valence-electron chi connectivity index (χ0n) is 13.8. The molecular weight excluding hydrogens is 324 g/mol. The van der Waals surface area contributed by atoms with Gasteiger partial charge in [0, 0.05) is 11.5 Å². The maximum Gasteiger partial charge on any atom is 0.355 e. The first-order chi connectivity index (χ1) is 12.1. The van der Waals surface area contributed by atoms with Gasteiger partial charge in [-0.05, 0) is 37.3 Å². The topological polar surface area (TPSA) is 83.6 Å². The quantitative estimate of drug-likeness (QED) is 0.401. The summed E-state index contributed by atoms with van der Waals surface area (Å²) in [5, 5.41) is 12.1. The van der Waals surface area contributed by atoms with Crippen molar-refractivity contribution in [1.29, 1.82) is 0 Å². The smallest absolute Gasteiger partial charge is 0.355 e. The molecule has 25 heavy (non-hydrogen) atoms. The summed E-state index contributed by atoms with van der Waals surface area (Å²) >= 11 is 0. The first-order valence-electron chi connectivity index (χ1n) is 7.67. The van der Waals surface area contributed by atoms with Gasteiger partial charge in [-0.25, -0.2) is 4.79 Å². The van der Waals surface area contributed by atoms with Crippen molar-refractivity contribution in [3.8, 4) is 11.4 Å². The summed E-state index contributed by atoms with van der Waals surface area (Å²) in [7, 11) is 1.55. The molecule has 0 amide bonds. The second-order valence-electron chi connectivity index (χ2n) is 5.26. The average molecular weight is 340 g/mol. The average Bonchev–Trinajstić information content (AvgIpc) is 3.00. The Bertz CT molecular complexity index is 961. The van der Waals surface area contributed by atoms with Crippen molar-refractivity contribution in [2.45, 2.75) is 6.92 Å². The minimum absolute atomic E-state index is 0.0960. The highest BCUT2D eigenvalue weighted by molar-refractivity contribution is 5.98. The Balaban J connectivity index is 2.34. The molecule has 1 heterocycles. The second-order valence-corrected chi connectivity index (χ2v) is 5.26. The number of rotatable bonds is 5. The summed E-state index contributed by atoms with van der Waals surface area (Å²) in [6, 6.07) is 13.2. The first kappa shape index (κ1) is 16.5. The molecule has 0 aliphatic heterocycles. The summed E-state index contributed by atoms with van der Waals surface area (Å²) in [6.45, 7) is 1.92. The molecule has 0 aliphatic carbocycles. The maximum absolute atomic E-state index is 12.4. The van der Waals surface area contributed by atoms with Gasteiger partial charge in [0.15, 0.2) is 0 Å². The van der Waals surface area contributed by atoms with Crippen molar-refractivity contribution in [2.75, 3.05) is 13.7 Å². The Morgan fingerprint density at radius 1 is 1.20 bits per heavy atom. The van der Waals surface area contributed by atoms with Crippen molar-refractivity contribution in [3.63, 3.8) is 0 Å². The van der Waals surface area contributed by atoms with E-state index >= 15 is 0 Å². The number of fused-ring (bicyclic) bond motifs is 1. The number of nitrogens with zero attached hydrogens (tertiary/aromatic N) is 2. The Hall–Kier alpha value is -3.35. The minimum Gasteiger partial charge on any atom is -0.497 e. The maximum atomic E-state index is 12.4. The fourth-order valence-electron chi connectivity index (χ4n) is 2.74. The van der Waals surface area contributed by atoms with Gasteiger partial charge < -0.3 is 9.47 Å². The fraction of sp³-hybridized carbons (Fsp3) is 0.167. The predicted octanol–water partition coefficient (Wildman–Crippen LogP) is 3.72. The van der Waals surface area contributed by atoms with E-state index in [2.05, 4.69) is 0 Å². The standard InChI is InChI=1S/C18H16N2O5/c1-3-25-18(21)17-11-12-10-13(24-2)8-9-14(12)19(17)15-6-4-5-7-16(15)20(22)23/h4-11H,3H2,1-2H3. The number of aromatic nitrogens is 1. The molecule has 1 aromatic heterocycles. The van der Waals surface area contributed by atoms with E-state index in [4.69, 9.17) is 9.47 Å². The van der Waals surface area contributed by atoms with Gasteiger partial charge in [0.1, 0.15) is 17.1 Å². The third-order valence-corrected chi connectivity index (χ3v) is 3.81. The third-order valence-electron chi connectivity index (χ3n) is 3.81. The van der Waals surface area contributed by atoms with Gasteiger partial charge in [0.2, 0.25) is 0 Å². The van der Waals surface area contributed by atoms with Crippen LogP contribution in [0.5, 0.6) is 5.75 Å². The number of para-hydroxylation sites is 2. The molecule has 3 aromatic rings. The van der Waals surface area contributed by atoms with E-state index < -0.39 is 10.9 Å². The second kappa shape index (κ2) is 6.64. The molecule has 0 bridgehead atoms. The van der Waals surface area contributed by atoms with Gasteiger partial charge in [-0.3, -0.25) is 14.7 Å². The van der Waals surface area contributed by atoms with Crippen LogP contribution in [0.4, 0.5) is 5.69 Å². The predicted molar refractivity (Wildman–Crippen MR) is 92.4 cm³/mol. The van der Waals surface area contributed by atoms with Gasteiger partial charge in [-0.2, -0.15) is 0 Å². The largest absolute Gasteiger partial charge is 0.497 e. The molecule has 0 saturated carbocycles. The van der Waals surface area contributed by atoms with E-state index in [0.29, 0.717) is 17.0 Å². The summed E-state index contributed by atoms with van der Waals surface area (Å²) in [6.07, 6.45) is 0. The highest BCUT2D eigenvalue weighted by Gasteiger charge is 2.23. The van der Waals surface area contributed by atoms with Crippen molar-refractivity contribution in [2.24, 2.45) is 0 Å². The lowest BCUT2D eigenvalue weighted by Gasteiger charge is -2.11. The SMILES string of the molecule is CCOC(=O)c1cc2cc(OC)ccc2n1-c1ccccc1[N+](=O)[O-]. The molecule has 0 aliphatic rings. The molecular formula is C18H16N2O5. The highest BCUT2D eigenvalue weighted by atomic mass is 16.6. The molecule has 0 spiro atoms. The van der Waals surface area contributed by atoms with Crippen LogP contribution in [0.2, 0.25) is 0 Å². The number of carbonyl (C=O) groups excluding carboxylic acids is 1. The van der Waals surface area contributed by atoms with Gasteiger partial charge in [0.25, 0.3) is 5.69 Å². The number of carbonyl (C=O) groups is 1. The Morgan fingerprint density at radius 2 is 1.96 bits per heavy atom. The van der Waals surface area contributed by atoms with Crippen molar-refractivity contribution in [1.82, 2.24) is 4.57 Å². The first-order valence-corrected chi connectivity index (χ1v) is 7.67. The molecule has 0 N–H and O–H groups in total. The molecule has 0 atom stereocenters. The van der Waals surface area contributed by atoms with Crippen molar-refractivity contribution < 1.29 is 19.2 Å². The van der Waals surface area contributed by atoms with Crippen LogP contribution in [-0.2, 0) is 4.74 Å². The van der Waals surface area contributed by atoms with E-state index in [0.717, 1.165) is 5.39 Å². The van der Waals surface area contributed by atoms with E-state index in [9.17, 15) is 14.9 Å². The van der Waals surface area contributed by atoms with Gasteiger partial charge in [0.05, 0.1) is 24.2 Å². The monoisotopic (exact) mass is 340 g/mol. The minimum atomic E-state index is -0.546. The van der Waals surface area contributed by atoms with E-state index in [1.165, 1.54) is 6.07 Å². The lowest BCUT2D eigenvalue weighted by atomic mass is 10.2. The molecule has 7 heteroatoms. The molecule has 2 aromatic carbocycles. The van der Waals surface area contributed by atoms with E-state index in [1.54, 1.807) is 61.1 Å². The molecule has 0 saturated heterocycles. The summed E-state index contributed by atoms with van der Waals surface area (Å²) in [5.74, 6) is 0.0819. The number of ether oxygens (including phenoxy) is 2. The number of nitro groups is 1. The van der Waals surface area contributed by atoms with Crippen LogP contribution in [0, 0.1) is 10.1 Å². The lowest BCUT2D eigenvalue weighted by molar-refractivity contribution is -0.384. The van der Waals surface area contributed by atoms with E-state index in [1.807, 2.05) is 0 Å². The number of benzene rings is 2. The van der Waals surface area contributed by atoms with Crippen LogP contribution < -0.4 is 4.74 Å². The number of hydrogen-bond donors (Lipinski definition) is 0. The molecule has 3 rings (SSSR count). The van der Waals surface area contributed by atoms with Crippen LogP contribution >= 0.6 is 0 Å². The van der Waals surface area contributed by atoms with Gasteiger partial charge >= 0.3 is 5.97 Å². The van der Waals surface area contributed by atoms with Crippen LogP contribution in [0.15, 0.2) is 48.5 Å². The Kier molecular flexibility index (Phi) is 4.38. The molecule has 128 valence electrons. The van der Waals surface area contributed by atoms with Crippen LogP contribution in [-0.4, -0.2) is 29.2 Å². The summed E-state index contributed by atoms with van der Waals surface area (Å²) in [5.41, 5.74) is 1.08. The van der Waals surface area contributed by atoms with Crippen LogP contribution in [0.1, 0.15) is 17.4 Å². The zero-order valence-corrected chi connectivity index (χ0v) is 13.8. The fourth-order valence-corrected chi connectivity index (χ4v) is 2.74. The van der Waals surface area contributed by atoms with Crippen molar-refractivity contribution in [3.05, 3.63) is 64.3 Å². The number of esters is 1. The highest BCUT2D eigenvalue weighted by Crippen LogP contribution is 2.32. The van der Waals surface area contributed by atoms with E-state index in [-0.39, 0.29) is 18.0 Å². The van der Waals surface area contributed by atoms with Crippen molar-refractivity contribution >= 4 is 22.6 Å². The van der Waals surface area contributed by atoms with Crippen LogP contribution in [0.25, 0.3) is 16.6 Å². The van der Waals surface area contributed by atoms with Crippen LogP contribution in [0.3, 0.4) is 0 Å². The zero-order chi connectivity index (χ0) is 18.0. The molecule has 0 fully saturated rings. The molecule has 0 radical (unpaired) electrons. The summed E-state index contributed by atoms with van der Waals surface area (Å²) in [4.78, 5) is 23.3. The third kappa shape index (κ3) is 2.91. The lowest BCUT2D eigenvalue weighted by Crippen LogP contribution is -2.12. The Labute approximate surface area is 143 Å². The Morgan fingerprint density at radius 3 is 2.64 bits per heavy atom. The molecule has 0 unspecified atom stereocenters. The number of hydrogen-bond acceptors (Lipinski definition) is 5. The normalized spacial score (nSPS) is 10.6. The number of nitro benzene ring substituents is 1. The van der Waals surface area contributed by atoms with Gasteiger partial charge in [-0.15, -0.1) is 0 Å². The molecule has 7 nitrogen and oxygen atoms in total.